The van der Waals surface area contributed by atoms with E-state index in [9.17, 15) is 13.2 Å². The van der Waals surface area contributed by atoms with Gasteiger partial charge < -0.3 is 4.90 Å². The van der Waals surface area contributed by atoms with Crippen LogP contribution in [0, 0.1) is 0 Å². The Morgan fingerprint density at radius 3 is 2.50 bits per heavy atom. The predicted octanol–water partition coefficient (Wildman–Crippen LogP) is 4.18. The second-order valence-corrected chi connectivity index (χ2v) is 9.98. The zero-order chi connectivity index (χ0) is 21.1. The first-order chi connectivity index (χ1) is 14.5. The lowest BCUT2D eigenvalue weighted by molar-refractivity contribution is 0.0772. The molecule has 4 rings (SSSR count). The highest BCUT2D eigenvalue weighted by atomic mass is 32.2. The van der Waals surface area contributed by atoms with E-state index in [0.29, 0.717) is 25.2 Å². The molecule has 0 bridgehead atoms. The summed E-state index contributed by atoms with van der Waals surface area (Å²) >= 11 is 0. The molecule has 158 valence electrons. The molecule has 0 saturated carbocycles. The van der Waals surface area contributed by atoms with Crippen molar-refractivity contribution in [1.29, 1.82) is 0 Å². The predicted molar refractivity (Wildman–Crippen MR) is 119 cm³/mol. The molecule has 0 aromatic heterocycles. The molecule has 5 nitrogen and oxygen atoms in total. The van der Waals surface area contributed by atoms with Gasteiger partial charge in [0.25, 0.3) is 5.91 Å². The monoisotopic (exact) mass is 424 g/mol. The lowest BCUT2D eigenvalue weighted by Gasteiger charge is -2.32. The minimum absolute atomic E-state index is 0.00764. The van der Waals surface area contributed by atoms with Crippen LogP contribution in [0.2, 0.25) is 0 Å². The van der Waals surface area contributed by atoms with Gasteiger partial charge in [0.15, 0.2) is 0 Å². The molecule has 1 saturated heterocycles. The Hall–Kier alpha value is -2.44. The number of nitrogens with zero attached hydrogens (tertiary/aromatic N) is 2. The topological polar surface area (TPSA) is 57.7 Å². The van der Waals surface area contributed by atoms with Gasteiger partial charge in [-0.3, -0.25) is 4.79 Å². The lowest BCUT2D eigenvalue weighted by atomic mass is 9.99. The summed E-state index contributed by atoms with van der Waals surface area (Å²) in [6, 6.07) is 16.7. The number of carbonyl (C=O) groups is 1. The molecule has 2 aliphatic heterocycles. The van der Waals surface area contributed by atoms with Gasteiger partial charge in [-0.2, -0.15) is 4.31 Å². The number of benzene rings is 2. The van der Waals surface area contributed by atoms with Crippen molar-refractivity contribution in [3.05, 3.63) is 71.8 Å². The van der Waals surface area contributed by atoms with Gasteiger partial charge in [0.1, 0.15) is 0 Å². The van der Waals surface area contributed by atoms with Crippen LogP contribution in [0.1, 0.15) is 48.5 Å². The molecule has 0 aliphatic carbocycles. The van der Waals surface area contributed by atoms with Crippen molar-refractivity contribution in [2.75, 3.05) is 19.6 Å². The van der Waals surface area contributed by atoms with E-state index in [1.54, 1.807) is 27.4 Å². The summed E-state index contributed by atoms with van der Waals surface area (Å²) in [6.07, 6.45) is 5.69. The van der Waals surface area contributed by atoms with Crippen molar-refractivity contribution >= 4 is 21.5 Å². The maximum Gasteiger partial charge on any atom is 0.254 e. The number of hydrogen-bond acceptors (Lipinski definition) is 3. The van der Waals surface area contributed by atoms with Crippen molar-refractivity contribution in [2.45, 2.75) is 43.5 Å². The number of rotatable bonds is 4. The van der Waals surface area contributed by atoms with Gasteiger partial charge in [0, 0.05) is 31.2 Å². The third-order valence-electron chi connectivity index (χ3n) is 6.07. The Bertz CT molecular complexity index is 1050. The number of piperidine rings is 1. The van der Waals surface area contributed by atoms with Crippen molar-refractivity contribution in [1.82, 2.24) is 9.21 Å². The summed E-state index contributed by atoms with van der Waals surface area (Å²) in [5, 5.41) is 0. The fraction of sp³-hybridized carbons (Fsp3) is 0.375. The van der Waals surface area contributed by atoms with Gasteiger partial charge in [-0.1, -0.05) is 48.9 Å². The first-order valence-corrected chi connectivity index (χ1v) is 12.1. The molecule has 2 aromatic carbocycles. The molecule has 2 aliphatic rings. The Kier molecular flexibility index (Phi) is 6.06. The molecule has 2 aromatic rings. The third kappa shape index (κ3) is 4.20. The van der Waals surface area contributed by atoms with Crippen molar-refractivity contribution in [3.63, 3.8) is 0 Å². The van der Waals surface area contributed by atoms with Gasteiger partial charge in [0.05, 0.1) is 4.90 Å². The zero-order valence-electron chi connectivity index (χ0n) is 17.3. The van der Waals surface area contributed by atoms with E-state index in [0.717, 1.165) is 25.7 Å². The molecule has 0 N–H and O–H groups in total. The van der Waals surface area contributed by atoms with E-state index >= 15 is 0 Å². The van der Waals surface area contributed by atoms with Gasteiger partial charge in [-0.05, 0) is 55.5 Å². The highest BCUT2D eigenvalue weighted by Crippen LogP contribution is 2.27. The van der Waals surface area contributed by atoms with E-state index in [1.165, 1.54) is 17.2 Å². The summed E-state index contributed by atoms with van der Waals surface area (Å²) in [4.78, 5) is 15.0. The molecule has 0 unspecified atom stereocenters. The second-order valence-electron chi connectivity index (χ2n) is 8.08. The molecule has 0 radical (unpaired) electrons. The van der Waals surface area contributed by atoms with Crippen LogP contribution < -0.4 is 0 Å². The van der Waals surface area contributed by atoms with E-state index in [-0.39, 0.29) is 16.8 Å². The zero-order valence-corrected chi connectivity index (χ0v) is 18.1. The lowest BCUT2D eigenvalue weighted by Crippen LogP contribution is -2.42. The van der Waals surface area contributed by atoms with Crippen LogP contribution in [0.15, 0.2) is 65.6 Å². The molecular formula is C24H28N2O3S. The normalized spacial score (nSPS) is 20.6. The summed E-state index contributed by atoms with van der Waals surface area (Å²) in [5.41, 5.74) is 2.86. The maximum absolute atomic E-state index is 13.1. The largest absolute Gasteiger partial charge is 0.335 e. The molecule has 2 heterocycles. The Morgan fingerprint density at radius 2 is 1.80 bits per heavy atom. The average Bonchev–Trinajstić information content (AvgIpc) is 2.79. The van der Waals surface area contributed by atoms with E-state index in [1.807, 2.05) is 25.1 Å². The smallest absolute Gasteiger partial charge is 0.254 e. The van der Waals surface area contributed by atoms with Gasteiger partial charge in [-0.15, -0.1) is 0 Å². The van der Waals surface area contributed by atoms with Crippen molar-refractivity contribution in [2.24, 2.45) is 0 Å². The Labute approximate surface area is 179 Å². The SMILES string of the molecule is C[C@H]1CCCCN1S(=O)(=O)c1cccc(C(=O)N2CC=C(c3ccccc3)CC2)c1. The highest BCUT2D eigenvalue weighted by Gasteiger charge is 2.31. The summed E-state index contributed by atoms with van der Waals surface area (Å²) in [7, 11) is -3.59. The Morgan fingerprint density at radius 1 is 1.00 bits per heavy atom. The minimum Gasteiger partial charge on any atom is -0.335 e. The fourth-order valence-electron chi connectivity index (χ4n) is 4.30. The van der Waals surface area contributed by atoms with Crippen LogP contribution in [0.25, 0.3) is 5.57 Å². The first-order valence-electron chi connectivity index (χ1n) is 10.6. The van der Waals surface area contributed by atoms with Gasteiger partial charge >= 0.3 is 0 Å². The summed E-state index contributed by atoms with van der Waals surface area (Å²) in [5.74, 6) is -0.123. The molecule has 1 amide bonds. The van der Waals surface area contributed by atoms with Crippen molar-refractivity contribution < 1.29 is 13.2 Å². The van der Waals surface area contributed by atoms with Crippen LogP contribution in [0.3, 0.4) is 0 Å². The molecule has 6 heteroatoms. The second kappa shape index (κ2) is 8.74. The number of hydrogen-bond donors (Lipinski definition) is 0. The fourth-order valence-corrected chi connectivity index (χ4v) is 6.05. The summed E-state index contributed by atoms with van der Waals surface area (Å²) in [6.45, 7) is 3.65. The molecule has 0 spiro atoms. The minimum atomic E-state index is -3.59. The maximum atomic E-state index is 13.1. The standard InChI is InChI=1S/C24H28N2O3S/c1-19-8-5-6-15-26(19)30(28,29)23-12-7-11-22(18-23)24(27)25-16-13-21(14-17-25)20-9-3-2-4-10-20/h2-4,7,9-13,18-19H,5-6,8,14-17H2,1H3/t19-/m0/s1. The quantitative estimate of drug-likeness (QED) is 0.740. The highest BCUT2D eigenvalue weighted by molar-refractivity contribution is 7.89. The van der Waals surface area contributed by atoms with Crippen molar-refractivity contribution in [3.8, 4) is 0 Å². The van der Waals surface area contributed by atoms with Crippen LogP contribution >= 0.6 is 0 Å². The number of amides is 1. The van der Waals surface area contributed by atoms with E-state index < -0.39 is 10.0 Å². The third-order valence-corrected chi connectivity index (χ3v) is 8.08. The van der Waals surface area contributed by atoms with Crippen LogP contribution in [0.5, 0.6) is 0 Å². The van der Waals surface area contributed by atoms with Crippen LogP contribution in [-0.4, -0.2) is 49.2 Å². The number of sulfonamides is 1. The molecule has 1 fully saturated rings. The van der Waals surface area contributed by atoms with Crippen LogP contribution in [-0.2, 0) is 10.0 Å². The molecule has 1 atom stereocenters. The van der Waals surface area contributed by atoms with E-state index in [2.05, 4.69) is 18.2 Å². The van der Waals surface area contributed by atoms with E-state index in [4.69, 9.17) is 0 Å². The average molecular weight is 425 g/mol. The first kappa shape index (κ1) is 20.8. The Balaban J connectivity index is 1.51. The molecular weight excluding hydrogens is 396 g/mol. The van der Waals surface area contributed by atoms with Crippen LogP contribution in [0.4, 0.5) is 0 Å². The molecule has 30 heavy (non-hydrogen) atoms. The summed E-state index contributed by atoms with van der Waals surface area (Å²) < 4.78 is 27.9. The van der Waals surface area contributed by atoms with Gasteiger partial charge in [-0.25, -0.2) is 8.42 Å². The number of carbonyl (C=O) groups excluding carboxylic acids is 1. The van der Waals surface area contributed by atoms with Gasteiger partial charge in [0.2, 0.25) is 10.0 Å².